The van der Waals surface area contributed by atoms with Crippen molar-refractivity contribution in [2.75, 3.05) is 5.32 Å². The molecule has 0 aliphatic heterocycles. The molecule has 2 aromatic carbocycles. The highest BCUT2D eigenvalue weighted by molar-refractivity contribution is 6.42. The number of aliphatic carboxylic acids is 1. The number of aromatic nitrogens is 2. The molecule has 9 heteroatoms. The zero-order valence-electron chi connectivity index (χ0n) is 14.6. The third kappa shape index (κ3) is 4.16. The number of anilines is 1. The van der Waals surface area contributed by atoms with E-state index in [1.54, 1.807) is 18.2 Å². The zero-order valence-corrected chi connectivity index (χ0v) is 16.2. The molecule has 1 aromatic heterocycles. The number of carboxylic acids is 1. The monoisotopic (exact) mass is 419 g/mol. The quantitative estimate of drug-likeness (QED) is 0.616. The fourth-order valence-corrected chi connectivity index (χ4v) is 2.87. The van der Waals surface area contributed by atoms with Crippen LogP contribution in [-0.2, 0) is 16.1 Å². The lowest BCUT2D eigenvalue weighted by Crippen LogP contribution is -2.27. The highest BCUT2D eigenvalue weighted by atomic mass is 35.5. The predicted molar refractivity (Wildman–Crippen MR) is 107 cm³/mol. The summed E-state index contributed by atoms with van der Waals surface area (Å²) in [6, 6.07) is 9.70. The summed E-state index contributed by atoms with van der Waals surface area (Å²) in [6.45, 7) is 1.56. The Kier molecular flexibility index (Phi) is 5.67. The van der Waals surface area contributed by atoms with Crippen LogP contribution in [0.1, 0.15) is 12.5 Å². The Balaban J connectivity index is 1.88. The van der Waals surface area contributed by atoms with Gasteiger partial charge < -0.3 is 10.4 Å². The zero-order chi connectivity index (χ0) is 20.4. The molecule has 1 heterocycles. The molecule has 28 heavy (non-hydrogen) atoms. The molecule has 0 aliphatic carbocycles. The van der Waals surface area contributed by atoms with E-state index in [0.717, 1.165) is 5.56 Å². The highest BCUT2D eigenvalue weighted by Crippen LogP contribution is 2.23. The van der Waals surface area contributed by atoms with Crippen LogP contribution in [0.25, 0.3) is 10.9 Å². The maximum atomic E-state index is 12.7. The van der Waals surface area contributed by atoms with Crippen molar-refractivity contribution in [2.24, 2.45) is 5.92 Å². The molecule has 0 bridgehead atoms. The van der Waals surface area contributed by atoms with Crippen LogP contribution >= 0.6 is 23.2 Å². The van der Waals surface area contributed by atoms with Gasteiger partial charge in [0.1, 0.15) is 5.92 Å². The maximum absolute atomic E-state index is 12.7. The molecular weight excluding hydrogens is 405 g/mol. The van der Waals surface area contributed by atoms with Crippen molar-refractivity contribution in [1.82, 2.24) is 9.55 Å². The average Bonchev–Trinajstić information content (AvgIpc) is 2.66. The van der Waals surface area contributed by atoms with Gasteiger partial charge in [0.05, 0.1) is 33.8 Å². The van der Waals surface area contributed by atoms with Crippen LogP contribution in [0.5, 0.6) is 0 Å². The summed E-state index contributed by atoms with van der Waals surface area (Å²) in [7, 11) is 0. The molecule has 0 fully saturated rings. The molecule has 3 aromatic rings. The molecule has 1 amide bonds. The second-order valence-corrected chi connectivity index (χ2v) is 7.02. The first kappa shape index (κ1) is 19.9. The molecule has 1 atom stereocenters. The number of carboxylic acid groups (broad SMARTS) is 1. The maximum Gasteiger partial charge on any atom is 0.315 e. The van der Waals surface area contributed by atoms with Crippen molar-refractivity contribution >= 4 is 51.7 Å². The van der Waals surface area contributed by atoms with E-state index in [0.29, 0.717) is 26.6 Å². The molecule has 2 N–H and O–H groups in total. The van der Waals surface area contributed by atoms with Crippen LogP contribution in [0.15, 0.2) is 47.5 Å². The Hall–Kier alpha value is -2.90. The van der Waals surface area contributed by atoms with Gasteiger partial charge in [0, 0.05) is 5.69 Å². The van der Waals surface area contributed by atoms with Gasteiger partial charge >= 0.3 is 5.97 Å². The van der Waals surface area contributed by atoms with Gasteiger partial charge in [-0.15, -0.1) is 0 Å². The summed E-state index contributed by atoms with van der Waals surface area (Å²) < 4.78 is 1.44. The van der Waals surface area contributed by atoms with Crippen molar-refractivity contribution in [2.45, 2.75) is 13.5 Å². The van der Waals surface area contributed by atoms with Crippen molar-refractivity contribution in [3.05, 3.63) is 68.7 Å². The third-order valence-corrected chi connectivity index (χ3v) is 4.93. The lowest BCUT2D eigenvalue weighted by Gasteiger charge is -2.10. The highest BCUT2D eigenvalue weighted by Gasteiger charge is 2.20. The van der Waals surface area contributed by atoms with E-state index in [-0.39, 0.29) is 12.1 Å². The Morgan fingerprint density at radius 3 is 2.61 bits per heavy atom. The fourth-order valence-electron chi connectivity index (χ4n) is 2.55. The minimum Gasteiger partial charge on any atom is -0.481 e. The van der Waals surface area contributed by atoms with E-state index in [2.05, 4.69) is 10.3 Å². The van der Waals surface area contributed by atoms with Gasteiger partial charge in [-0.1, -0.05) is 29.3 Å². The summed E-state index contributed by atoms with van der Waals surface area (Å²) in [5.74, 6) is -3.07. The van der Waals surface area contributed by atoms with E-state index < -0.39 is 17.8 Å². The van der Waals surface area contributed by atoms with Gasteiger partial charge in [0.25, 0.3) is 5.56 Å². The van der Waals surface area contributed by atoms with Gasteiger partial charge in [-0.25, -0.2) is 4.98 Å². The topological polar surface area (TPSA) is 101 Å². The minimum atomic E-state index is -1.22. The van der Waals surface area contributed by atoms with Crippen LogP contribution in [0, 0.1) is 5.92 Å². The number of hydrogen-bond donors (Lipinski definition) is 2. The van der Waals surface area contributed by atoms with Gasteiger partial charge in [-0.05, 0) is 42.8 Å². The van der Waals surface area contributed by atoms with Gasteiger partial charge in [0.2, 0.25) is 5.91 Å². The van der Waals surface area contributed by atoms with E-state index >= 15 is 0 Å². The van der Waals surface area contributed by atoms with Crippen molar-refractivity contribution in [3.8, 4) is 0 Å². The smallest absolute Gasteiger partial charge is 0.315 e. The molecule has 0 radical (unpaired) electrons. The molecule has 3 rings (SSSR count). The van der Waals surface area contributed by atoms with Crippen LogP contribution in [0.2, 0.25) is 10.0 Å². The second kappa shape index (κ2) is 8.00. The predicted octanol–water partition coefficient (Wildman–Crippen LogP) is 3.41. The number of halogens is 2. The molecule has 7 nitrogen and oxygen atoms in total. The minimum absolute atomic E-state index is 0.257. The van der Waals surface area contributed by atoms with E-state index in [1.165, 1.54) is 36.0 Å². The fraction of sp³-hybridized carbons (Fsp3) is 0.158. The normalized spacial score (nSPS) is 12.0. The van der Waals surface area contributed by atoms with Crippen molar-refractivity contribution < 1.29 is 14.7 Å². The lowest BCUT2D eigenvalue weighted by atomic mass is 10.1. The van der Waals surface area contributed by atoms with Crippen LogP contribution in [0.3, 0.4) is 0 Å². The number of hydrogen-bond acceptors (Lipinski definition) is 4. The molecule has 1 unspecified atom stereocenters. The van der Waals surface area contributed by atoms with Gasteiger partial charge in [-0.2, -0.15) is 0 Å². The van der Waals surface area contributed by atoms with Gasteiger partial charge in [-0.3, -0.25) is 19.0 Å². The molecule has 0 saturated heterocycles. The molecule has 0 aliphatic rings. The first-order chi connectivity index (χ1) is 13.3. The Bertz CT molecular complexity index is 1140. The average molecular weight is 420 g/mol. The second-order valence-electron chi connectivity index (χ2n) is 6.21. The molecule has 0 saturated carbocycles. The molecular formula is C19H15Cl2N3O4. The lowest BCUT2D eigenvalue weighted by molar-refractivity contribution is -0.144. The third-order valence-electron chi connectivity index (χ3n) is 4.19. The number of carbonyl (C=O) groups is 2. The van der Waals surface area contributed by atoms with Crippen molar-refractivity contribution in [3.63, 3.8) is 0 Å². The van der Waals surface area contributed by atoms with Crippen LogP contribution < -0.4 is 10.9 Å². The first-order valence-electron chi connectivity index (χ1n) is 8.23. The van der Waals surface area contributed by atoms with E-state index in [4.69, 9.17) is 28.3 Å². The number of nitrogens with zero attached hydrogens (tertiary/aromatic N) is 2. The van der Waals surface area contributed by atoms with E-state index in [1.807, 2.05) is 0 Å². The number of benzene rings is 2. The Morgan fingerprint density at radius 2 is 1.93 bits per heavy atom. The molecule has 0 spiro atoms. The van der Waals surface area contributed by atoms with Crippen molar-refractivity contribution in [1.29, 1.82) is 0 Å². The van der Waals surface area contributed by atoms with E-state index in [9.17, 15) is 14.4 Å². The summed E-state index contributed by atoms with van der Waals surface area (Å²) in [5, 5.41) is 12.6. The Labute approximate surface area is 169 Å². The Morgan fingerprint density at radius 1 is 1.18 bits per heavy atom. The number of amides is 1. The number of nitrogens with one attached hydrogen (secondary N) is 1. The summed E-state index contributed by atoms with van der Waals surface area (Å²) in [5.41, 5.74) is 1.29. The van der Waals surface area contributed by atoms with Crippen LogP contribution in [0.4, 0.5) is 5.69 Å². The largest absolute Gasteiger partial charge is 0.481 e. The van der Waals surface area contributed by atoms with Gasteiger partial charge in [0.15, 0.2) is 0 Å². The number of carbonyl (C=O) groups excluding carboxylic acids is 1. The van der Waals surface area contributed by atoms with Crippen LogP contribution in [-0.4, -0.2) is 26.5 Å². The molecule has 144 valence electrons. The SMILES string of the molecule is CC(C(=O)O)C(=O)Nc1ccc2c(=O)n(Cc3ccc(Cl)c(Cl)c3)cnc2c1. The first-order valence-corrected chi connectivity index (χ1v) is 8.98. The standard InChI is InChI=1S/C19H15Cl2N3O4/c1-10(19(27)28)17(25)23-12-3-4-13-16(7-12)22-9-24(18(13)26)8-11-2-5-14(20)15(21)6-11/h2-7,9-10H,8H2,1H3,(H,23,25)(H,27,28). The summed E-state index contributed by atoms with van der Waals surface area (Å²) in [6.07, 6.45) is 1.40. The number of rotatable bonds is 5. The summed E-state index contributed by atoms with van der Waals surface area (Å²) >= 11 is 11.9. The number of fused-ring (bicyclic) bond motifs is 1. The summed E-state index contributed by atoms with van der Waals surface area (Å²) in [4.78, 5) is 39.7.